The first kappa shape index (κ1) is 32.6. The van der Waals surface area contributed by atoms with Crippen molar-refractivity contribution in [3.05, 3.63) is 89.9 Å². The molecule has 0 spiro atoms. The summed E-state index contributed by atoms with van der Waals surface area (Å²) in [6, 6.07) is 20.8. The number of fused-ring (bicyclic) bond motifs is 1. The molecule has 0 saturated carbocycles. The van der Waals surface area contributed by atoms with Gasteiger partial charge in [0.1, 0.15) is 29.5 Å². The molecule has 0 atom stereocenters. The summed E-state index contributed by atoms with van der Waals surface area (Å²) in [6.45, 7) is 5.59. The van der Waals surface area contributed by atoms with Crippen LogP contribution in [0.4, 0.5) is 10.1 Å². The largest absolute Gasteiger partial charge is 0.495 e. The second kappa shape index (κ2) is 13.5. The van der Waals surface area contributed by atoms with Crippen LogP contribution in [-0.2, 0) is 19.5 Å². The number of nitriles is 1. The van der Waals surface area contributed by atoms with Gasteiger partial charge in [0.2, 0.25) is 0 Å². The van der Waals surface area contributed by atoms with E-state index in [-0.39, 0.29) is 38.9 Å². The van der Waals surface area contributed by atoms with Crippen LogP contribution in [0.15, 0.2) is 77.8 Å². The highest BCUT2D eigenvalue weighted by atomic mass is 32.2. The molecule has 12 heteroatoms. The third kappa shape index (κ3) is 6.21. The molecular weight excluding hydrogens is 647 g/mol. The fourth-order valence-corrected chi connectivity index (χ4v) is 7.89. The number of benzene rings is 3. The number of morpholine rings is 1. The Hall–Kier alpha value is -4.96. The van der Waals surface area contributed by atoms with Gasteiger partial charge in [-0.2, -0.15) is 5.26 Å². The predicted octanol–water partition coefficient (Wildman–Crippen LogP) is 6.33. The Kier molecular flexibility index (Phi) is 8.98. The minimum absolute atomic E-state index is 0.0456. The van der Waals surface area contributed by atoms with Crippen LogP contribution in [0.3, 0.4) is 0 Å². The zero-order chi connectivity index (χ0) is 34.1. The Morgan fingerprint density at radius 3 is 2.35 bits per heavy atom. The molecule has 0 radical (unpaired) electrons. The average molecular weight is 683 g/mol. The number of nitrogens with zero attached hydrogens (tertiary/aromatic N) is 4. The van der Waals surface area contributed by atoms with Crippen LogP contribution in [0.1, 0.15) is 24.0 Å². The molecule has 2 aromatic heterocycles. The molecule has 0 N–H and O–H groups in total. The Bertz CT molecular complexity index is 2170. The third-order valence-electron chi connectivity index (χ3n) is 8.98. The van der Waals surface area contributed by atoms with E-state index in [2.05, 4.69) is 16.0 Å². The number of rotatable bonds is 8. The molecule has 0 aliphatic carbocycles. The van der Waals surface area contributed by atoms with E-state index in [9.17, 15) is 13.7 Å². The summed E-state index contributed by atoms with van der Waals surface area (Å²) in [6.07, 6.45) is 2.33. The molecule has 49 heavy (non-hydrogen) atoms. The summed E-state index contributed by atoms with van der Waals surface area (Å²) in [7, 11) is -2.67. The highest BCUT2D eigenvalue weighted by Gasteiger charge is 2.29. The number of ether oxygens (including phenoxy) is 4. The maximum absolute atomic E-state index is 15.9. The van der Waals surface area contributed by atoms with Crippen molar-refractivity contribution in [2.75, 3.05) is 51.5 Å². The number of pyridine rings is 1. The van der Waals surface area contributed by atoms with Crippen molar-refractivity contribution >= 4 is 26.7 Å². The molecule has 2 fully saturated rings. The van der Waals surface area contributed by atoms with Crippen molar-refractivity contribution in [2.24, 2.45) is 0 Å². The van der Waals surface area contributed by atoms with Gasteiger partial charge in [-0.3, -0.25) is 0 Å². The van der Waals surface area contributed by atoms with E-state index < -0.39 is 15.8 Å². The highest BCUT2D eigenvalue weighted by molar-refractivity contribution is 7.90. The van der Waals surface area contributed by atoms with Crippen molar-refractivity contribution < 1.29 is 31.8 Å². The average Bonchev–Trinajstić information content (AvgIpc) is 3.53. The Morgan fingerprint density at radius 1 is 0.918 bits per heavy atom. The normalized spacial score (nSPS) is 15.7. The minimum Gasteiger partial charge on any atom is -0.495 e. The van der Waals surface area contributed by atoms with E-state index >= 15 is 4.39 Å². The van der Waals surface area contributed by atoms with Gasteiger partial charge in [-0.1, -0.05) is 29.8 Å². The van der Waals surface area contributed by atoms with Crippen molar-refractivity contribution in [1.82, 2.24) is 8.96 Å². The van der Waals surface area contributed by atoms with Crippen LogP contribution in [0.25, 0.3) is 33.4 Å². The van der Waals surface area contributed by atoms with Gasteiger partial charge >= 0.3 is 0 Å². The van der Waals surface area contributed by atoms with Crippen LogP contribution >= 0.6 is 0 Å². The SMILES string of the molecule is COc1cc(-c2cc3c(-c4ccc(OC5CCOCC5)c(C#N)c4)c(F)cnc3n2S(=O)(=O)c2ccc(C)cc2)ccc1N1CCOCC1. The Balaban J connectivity index is 1.41. The maximum atomic E-state index is 15.9. The quantitative estimate of drug-likeness (QED) is 0.185. The molecule has 7 rings (SSSR count). The first-order chi connectivity index (χ1) is 23.8. The van der Waals surface area contributed by atoms with E-state index in [1.165, 1.54) is 0 Å². The molecule has 2 aliphatic heterocycles. The van der Waals surface area contributed by atoms with Gasteiger partial charge in [-0.15, -0.1) is 0 Å². The van der Waals surface area contributed by atoms with Crippen LogP contribution in [-0.4, -0.2) is 70.1 Å². The lowest BCUT2D eigenvalue weighted by atomic mass is 10.00. The lowest BCUT2D eigenvalue weighted by molar-refractivity contribution is 0.0254. The second-order valence-electron chi connectivity index (χ2n) is 12.1. The molecule has 10 nitrogen and oxygen atoms in total. The van der Waals surface area contributed by atoms with E-state index in [0.717, 1.165) is 21.4 Å². The standard InChI is InChI=1S/C37H35FN4O6S/c1-24-3-7-29(8-4-24)49(43,44)42-33(25-5-9-32(35(20-25)45-2)41-13-17-47-18-14-41)21-30-36(31(38)23-40-37(30)42)26-6-10-34(27(19-26)22-39)48-28-11-15-46-16-12-28/h3-10,19-21,23,28H,11-18H2,1-2H3. The zero-order valence-corrected chi connectivity index (χ0v) is 28.0. The molecular formula is C37H35FN4O6S. The van der Waals surface area contributed by atoms with Gasteiger partial charge in [0.15, 0.2) is 5.65 Å². The Labute approximate surface area is 284 Å². The Morgan fingerprint density at radius 2 is 1.63 bits per heavy atom. The van der Waals surface area contributed by atoms with E-state index in [0.29, 0.717) is 75.0 Å². The fourth-order valence-electron chi connectivity index (χ4n) is 6.40. The number of hydrogen-bond donors (Lipinski definition) is 0. The molecule has 0 bridgehead atoms. The molecule has 0 unspecified atom stereocenters. The van der Waals surface area contributed by atoms with Gasteiger partial charge in [0, 0.05) is 42.4 Å². The maximum Gasteiger partial charge on any atom is 0.269 e. The number of anilines is 1. The van der Waals surface area contributed by atoms with E-state index in [1.54, 1.807) is 61.7 Å². The zero-order valence-electron chi connectivity index (χ0n) is 27.2. The van der Waals surface area contributed by atoms with Crippen molar-refractivity contribution in [3.63, 3.8) is 0 Å². The van der Waals surface area contributed by atoms with Gasteiger partial charge in [0.05, 0.1) is 61.6 Å². The van der Waals surface area contributed by atoms with Gasteiger partial charge in [-0.25, -0.2) is 21.8 Å². The molecule has 252 valence electrons. The van der Waals surface area contributed by atoms with Crippen LogP contribution in [0, 0.1) is 24.1 Å². The molecule has 0 amide bonds. The number of aryl methyl sites for hydroxylation is 1. The molecule has 2 saturated heterocycles. The molecule has 5 aromatic rings. The number of halogens is 1. The number of aromatic nitrogens is 2. The predicted molar refractivity (Wildman–Crippen MR) is 183 cm³/mol. The smallest absolute Gasteiger partial charge is 0.269 e. The highest BCUT2D eigenvalue weighted by Crippen LogP contribution is 2.41. The topological polar surface area (TPSA) is 116 Å². The lowest BCUT2D eigenvalue weighted by Gasteiger charge is -2.30. The summed E-state index contributed by atoms with van der Waals surface area (Å²) >= 11 is 0. The van der Waals surface area contributed by atoms with Crippen molar-refractivity contribution in [2.45, 2.75) is 30.8 Å². The second-order valence-corrected chi connectivity index (χ2v) is 13.9. The first-order valence-electron chi connectivity index (χ1n) is 16.1. The summed E-state index contributed by atoms with van der Waals surface area (Å²) in [5.41, 5.74) is 3.37. The van der Waals surface area contributed by atoms with E-state index in [4.69, 9.17) is 18.9 Å². The van der Waals surface area contributed by atoms with Crippen LogP contribution in [0.5, 0.6) is 11.5 Å². The molecule has 4 heterocycles. The summed E-state index contributed by atoms with van der Waals surface area (Å²) in [5.74, 6) is 0.296. The number of hydrogen-bond acceptors (Lipinski definition) is 9. The van der Waals surface area contributed by atoms with Gasteiger partial charge < -0.3 is 23.8 Å². The van der Waals surface area contributed by atoms with Crippen molar-refractivity contribution in [3.8, 4) is 40.0 Å². The molecule has 2 aliphatic rings. The van der Waals surface area contributed by atoms with Gasteiger partial charge in [-0.05, 0) is 55.0 Å². The van der Waals surface area contributed by atoms with Crippen molar-refractivity contribution in [1.29, 1.82) is 5.26 Å². The minimum atomic E-state index is -4.23. The number of methoxy groups -OCH3 is 1. The lowest BCUT2D eigenvalue weighted by Crippen LogP contribution is -2.36. The van der Waals surface area contributed by atoms with Crippen LogP contribution in [0.2, 0.25) is 0 Å². The fraction of sp³-hybridized carbons (Fsp3) is 0.297. The first-order valence-corrected chi connectivity index (χ1v) is 17.5. The third-order valence-corrected chi connectivity index (χ3v) is 10.7. The summed E-state index contributed by atoms with van der Waals surface area (Å²) < 4.78 is 68.9. The van der Waals surface area contributed by atoms with Crippen LogP contribution < -0.4 is 14.4 Å². The summed E-state index contributed by atoms with van der Waals surface area (Å²) in [4.78, 5) is 6.56. The van der Waals surface area contributed by atoms with Gasteiger partial charge in [0.25, 0.3) is 10.0 Å². The molecule has 3 aromatic carbocycles. The monoisotopic (exact) mass is 682 g/mol. The van der Waals surface area contributed by atoms with E-state index in [1.807, 2.05) is 19.1 Å². The summed E-state index contributed by atoms with van der Waals surface area (Å²) in [5, 5.41) is 10.3.